The van der Waals surface area contributed by atoms with E-state index in [1.807, 2.05) is 13.0 Å². The third kappa shape index (κ3) is 5.81. The Morgan fingerprint density at radius 3 is 2.49 bits per heavy atom. The molecule has 1 aliphatic rings. The number of aryl methyl sites for hydroxylation is 1. The number of carbonyl (C=O) groups is 3. The van der Waals surface area contributed by atoms with Crippen LogP contribution in [0.15, 0.2) is 96.1 Å². The van der Waals surface area contributed by atoms with E-state index in [4.69, 9.17) is 4.74 Å². The van der Waals surface area contributed by atoms with Crippen LogP contribution in [0.2, 0.25) is 0 Å². The zero-order valence-electron chi connectivity index (χ0n) is 22.3. The number of benzodiazepines with no additional fused rings is 1. The molecule has 0 saturated carbocycles. The number of halogens is 1. The molecule has 0 radical (unpaired) electrons. The van der Waals surface area contributed by atoms with E-state index in [-0.39, 0.29) is 29.1 Å². The fourth-order valence-electron chi connectivity index (χ4n) is 4.58. The van der Waals surface area contributed by atoms with Gasteiger partial charge in [0.25, 0.3) is 5.91 Å². The van der Waals surface area contributed by atoms with Gasteiger partial charge in [-0.25, -0.2) is 19.0 Å². The van der Waals surface area contributed by atoms with Gasteiger partial charge in [-0.05, 0) is 55.0 Å². The van der Waals surface area contributed by atoms with Gasteiger partial charge in [0, 0.05) is 23.0 Å². The maximum Gasteiger partial charge on any atom is 0.339 e. The van der Waals surface area contributed by atoms with Gasteiger partial charge in [0.2, 0.25) is 6.17 Å². The summed E-state index contributed by atoms with van der Waals surface area (Å²) in [5, 5.41) is 5.35. The van der Waals surface area contributed by atoms with Crippen LogP contribution in [0, 0.1) is 12.7 Å². The number of ether oxygens (including phenoxy) is 1. The summed E-state index contributed by atoms with van der Waals surface area (Å²) >= 11 is 0. The first-order valence-corrected chi connectivity index (χ1v) is 12.8. The number of fused-ring (bicyclic) bond motifs is 1. The number of methoxy groups -OCH3 is 1. The molecule has 1 unspecified atom stereocenters. The topological polar surface area (TPSA) is 113 Å². The molecule has 5 rings (SSSR count). The van der Waals surface area contributed by atoms with Gasteiger partial charge in [-0.1, -0.05) is 42.5 Å². The third-order valence-corrected chi connectivity index (χ3v) is 6.48. The molecule has 9 nitrogen and oxygen atoms in total. The standard InChI is InChI=1S/C31H26FN5O4/c1-19-9-7-10-20(17-19)34-31(40)36-28-29(38)37(18-25-22(30(39)41-2)13-8-16-33-25)26-15-6-4-12-23(26)27(35-28)21-11-3-5-14-24(21)32/h3-17,28H,18H2,1-2H3,(H2,34,36,40). The van der Waals surface area contributed by atoms with Crippen molar-refractivity contribution in [3.8, 4) is 0 Å². The van der Waals surface area contributed by atoms with Crippen molar-refractivity contribution in [3.05, 3.63) is 125 Å². The number of anilines is 2. The normalized spacial score (nSPS) is 14.4. The van der Waals surface area contributed by atoms with E-state index >= 15 is 4.39 Å². The number of hydrogen-bond acceptors (Lipinski definition) is 6. The summed E-state index contributed by atoms with van der Waals surface area (Å²) in [7, 11) is 1.26. The van der Waals surface area contributed by atoms with Crippen LogP contribution < -0.4 is 15.5 Å². The summed E-state index contributed by atoms with van der Waals surface area (Å²) in [6, 6.07) is 22.6. The number of aliphatic imine (C=N–C) groups is 1. The van der Waals surface area contributed by atoms with E-state index in [2.05, 4.69) is 20.6 Å². The lowest BCUT2D eigenvalue weighted by Gasteiger charge is -2.26. The van der Waals surface area contributed by atoms with Crippen molar-refractivity contribution in [1.29, 1.82) is 0 Å². The molecule has 1 aliphatic heterocycles. The van der Waals surface area contributed by atoms with Gasteiger partial charge in [-0.2, -0.15) is 0 Å². The smallest absolute Gasteiger partial charge is 0.339 e. The van der Waals surface area contributed by atoms with E-state index in [1.165, 1.54) is 24.3 Å². The van der Waals surface area contributed by atoms with Gasteiger partial charge in [0.15, 0.2) is 0 Å². The predicted octanol–water partition coefficient (Wildman–Crippen LogP) is 4.85. The number of amides is 3. The molecule has 206 valence electrons. The van der Waals surface area contributed by atoms with Crippen molar-refractivity contribution < 1.29 is 23.5 Å². The number of aromatic nitrogens is 1. The molecule has 0 spiro atoms. The third-order valence-electron chi connectivity index (χ3n) is 6.48. The van der Waals surface area contributed by atoms with E-state index in [1.54, 1.807) is 72.8 Å². The molecule has 1 aromatic heterocycles. The average Bonchev–Trinajstić information content (AvgIpc) is 3.08. The summed E-state index contributed by atoms with van der Waals surface area (Å²) in [4.78, 5) is 49.9. The number of urea groups is 1. The Kier molecular flexibility index (Phi) is 7.82. The molecule has 2 heterocycles. The zero-order valence-corrected chi connectivity index (χ0v) is 22.3. The van der Waals surface area contributed by atoms with E-state index in [0.717, 1.165) is 5.56 Å². The van der Waals surface area contributed by atoms with Crippen LogP contribution in [-0.4, -0.2) is 41.9 Å². The average molecular weight is 552 g/mol. The maximum absolute atomic E-state index is 15.1. The number of pyridine rings is 1. The summed E-state index contributed by atoms with van der Waals surface area (Å²) in [6.45, 7) is 1.75. The SMILES string of the molecule is COC(=O)c1cccnc1CN1C(=O)C(NC(=O)Nc2cccc(C)c2)N=C(c2ccccc2F)c2ccccc21. The van der Waals surface area contributed by atoms with Crippen molar-refractivity contribution in [2.24, 2.45) is 4.99 Å². The quantitative estimate of drug-likeness (QED) is 0.333. The molecular weight excluding hydrogens is 525 g/mol. The highest BCUT2D eigenvalue weighted by Gasteiger charge is 2.34. The summed E-state index contributed by atoms with van der Waals surface area (Å²) < 4.78 is 20.0. The Labute approximate surface area is 235 Å². The minimum Gasteiger partial charge on any atom is -0.465 e. The highest BCUT2D eigenvalue weighted by molar-refractivity contribution is 6.20. The Hall–Kier alpha value is -5.38. The monoisotopic (exact) mass is 551 g/mol. The van der Waals surface area contributed by atoms with Gasteiger partial charge in [0.05, 0.1) is 36.3 Å². The second-order valence-electron chi connectivity index (χ2n) is 9.26. The Morgan fingerprint density at radius 2 is 1.73 bits per heavy atom. The number of hydrogen-bond donors (Lipinski definition) is 2. The molecule has 3 aromatic carbocycles. The van der Waals surface area contributed by atoms with Crippen molar-refractivity contribution in [2.45, 2.75) is 19.6 Å². The number of carbonyl (C=O) groups excluding carboxylic acids is 3. The maximum atomic E-state index is 15.1. The number of benzene rings is 3. The van der Waals surface area contributed by atoms with Gasteiger partial charge in [-0.3, -0.25) is 9.78 Å². The van der Waals surface area contributed by atoms with Crippen molar-refractivity contribution in [3.63, 3.8) is 0 Å². The Bertz CT molecular complexity index is 1670. The highest BCUT2D eigenvalue weighted by Crippen LogP contribution is 2.30. The lowest BCUT2D eigenvalue weighted by molar-refractivity contribution is -0.120. The molecule has 10 heteroatoms. The van der Waals surface area contributed by atoms with Crippen LogP contribution in [-0.2, 0) is 16.1 Å². The highest BCUT2D eigenvalue weighted by atomic mass is 19.1. The molecule has 3 amide bonds. The van der Waals surface area contributed by atoms with E-state index in [0.29, 0.717) is 16.9 Å². The molecule has 2 N–H and O–H groups in total. The van der Waals surface area contributed by atoms with Crippen LogP contribution in [0.4, 0.5) is 20.6 Å². The predicted molar refractivity (Wildman–Crippen MR) is 152 cm³/mol. The molecular formula is C31H26FN5O4. The minimum atomic E-state index is -1.44. The fourth-order valence-corrected chi connectivity index (χ4v) is 4.58. The number of nitrogens with zero attached hydrogens (tertiary/aromatic N) is 3. The first-order valence-electron chi connectivity index (χ1n) is 12.8. The van der Waals surface area contributed by atoms with Gasteiger partial charge < -0.3 is 20.3 Å². The number of para-hydroxylation sites is 1. The zero-order chi connectivity index (χ0) is 28.9. The second-order valence-corrected chi connectivity index (χ2v) is 9.26. The molecule has 1 atom stereocenters. The van der Waals surface area contributed by atoms with Crippen molar-refractivity contribution >= 4 is 35.0 Å². The fraction of sp³-hybridized carbons (Fsp3) is 0.129. The largest absolute Gasteiger partial charge is 0.465 e. The number of nitrogens with one attached hydrogen (secondary N) is 2. The number of rotatable bonds is 6. The summed E-state index contributed by atoms with van der Waals surface area (Å²) in [5.74, 6) is -1.76. The van der Waals surface area contributed by atoms with Gasteiger partial charge in [-0.15, -0.1) is 0 Å². The molecule has 4 aromatic rings. The van der Waals surface area contributed by atoms with E-state index in [9.17, 15) is 14.4 Å². The van der Waals surface area contributed by atoms with Gasteiger partial charge >= 0.3 is 12.0 Å². The summed E-state index contributed by atoms with van der Waals surface area (Å²) in [5.41, 5.74) is 3.14. The molecule has 0 fully saturated rings. The number of esters is 1. The Balaban J connectivity index is 1.60. The van der Waals surface area contributed by atoms with Crippen LogP contribution in [0.1, 0.15) is 32.7 Å². The lowest BCUT2D eigenvalue weighted by atomic mass is 9.99. The first-order chi connectivity index (χ1) is 19.9. The van der Waals surface area contributed by atoms with E-state index < -0.39 is 29.9 Å². The van der Waals surface area contributed by atoms with Crippen molar-refractivity contribution in [1.82, 2.24) is 10.3 Å². The van der Waals surface area contributed by atoms with Crippen LogP contribution in [0.3, 0.4) is 0 Å². The molecule has 0 bridgehead atoms. The molecule has 0 saturated heterocycles. The summed E-state index contributed by atoms with van der Waals surface area (Å²) in [6.07, 6.45) is 0.0644. The molecule has 0 aliphatic carbocycles. The van der Waals surface area contributed by atoms with Crippen LogP contribution in [0.5, 0.6) is 0 Å². The minimum absolute atomic E-state index is 0.140. The van der Waals surface area contributed by atoms with Gasteiger partial charge in [0.1, 0.15) is 5.82 Å². The van der Waals surface area contributed by atoms with Crippen LogP contribution in [0.25, 0.3) is 0 Å². The Morgan fingerprint density at radius 1 is 0.976 bits per heavy atom. The lowest BCUT2D eigenvalue weighted by Crippen LogP contribution is -2.48. The van der Waals surface area contributed by atoms with Crippen molar-refractivity contribution in [2.75, 3.05) is 17.3 Å². The van der Waals surface area contributed by atoms with Crippen LogP contribution >= 0.6 is 0 Å². The second kappa shape index (κ2) is 11.8. The first kappa shape index (κ1) is 27.2. The molecule has 41 heavy (non-hydrogen) atoms.